The number of hydrogen-bond acceptors (Lipinski definition) is 5. The van der Waals surface area contributed by atoms with E-state index in [9.17, 15) is 22.8 Å². The number of carbonyl (C=O) groups is 2. The highest BCUT2D eigenvalue weighted by Crippen LogP contribution is 2.31. The number of amides is 2. The Morgan fingerprint density at radius 2 is 1.77 bits per heavy atom. The number of thiophene rings is 1. The molecule has 5 rings (SSSR count). The van der Waals surface area contributed by atoms with E-state index in [0.717, 1.165) is 17.8 Å². The highest BCUT2D eigenvalue weighted by atomic mass is 35.5. The van der Waals surface area contributed by atoms with Crippen LogP contribution in [0.4, 0.5) is 24.5 Å². The van der Waals surface area contributed by atoms with Gasteiger partial charge in [0.1, 0.15) is 0 Å². The first-order valence-electron chi connectivity index (χ1n) is 12.0. The third-order valence-corrected chi connectivity index (χ3v) is 7.66. The van der Waals surface area contributed by atoms with Crippen LogP contribution in [0.3, 0.4) is 0 Å². The fraction of sp³-hybridized carbons (Fsp3) is 0.222. The van der Waals surface area contributed by atoms with Crippen LogP contribution in [0, 0.1) is 0 Å². The van der Waals surface area contributed by atoms with Crippen LogP contribution >= 0.6 is 22.9 Å². The van der Waals surface area contributed by atoms with E-state index in [0.29, 0.717) is 46.8 Å². The summed E-state index contributed by atoms with van der Waals surface area (Å²) in [5.41, 5.74) is 1.12. The van der Waals surface area contributed by atoms with Crippen molar-refractivity contribution in [3.8, 4) is 0 Å². The van der Waals surface area contributed by atoms with Crippen molar-refractivity contribution >= 4 is 46.1 Å². The maximum absolute atomic E-state index is 13.4. The number of rotatable bonds is 6. The van der Waals surface area contributed by atoms with Gasteiger partial charge in [-0.2, -0.15) is 13.2 Å². The average molecular weight is 574 g/mol. The number of alkyl halides is 3. The molecule has 1 aliphatic rings. The lowest BCUT2D eigenvalue weighted by Crippen LogP contribution is -2.48. The van der Waals surface area contributed by atoms with Crippen LogP contribution in [0.2, 0.25) is 4.34 Å². The highest BCUT2D eigenvalue weighted by Gasteiger charge is 2.31. The van der Waals surface area contributed by atoms with Crippen LogP contribution in [0.15, 0.2) is 73.2 Å². The number of nitrogens with zero attached hydrogens (tertiary/aromatic N) is 4. The molecular formula is C27H23ClF3N5O2S. The summed E-state index contributed by atoms with van der Waals surface area (Å²) in [6.45, 7) is 2.46. The Kier molecular flexibility index (Phi) is 7.62. The lowest BCUT2D eigenvalue weighted by Gasteiger charge is -2.36. The number of benzene rings is 2. The van der Waals surface area contributed by atoms with Crippen LogP contribution in [-0.4, -0.2) is 52.9 Å². The Bertz CT molecular complexity index is 1450. The molecule has 0 spiro atoms. The zero-order valence-corrected chi connectivity index (χ0v) is 22.1. The van der Waals surface area contributed by atoms with Gasteiger partial charge in [-0.15, -0.1) is 11.3 Å². The normalized spacial score (nSPS) is 13.9. The monoisotopic (exact) mass is 573 g/mol. The standard InChI is InChI=1S/C27H23ClF3N5O2S/c28-24-9-8-23(39-24)26(38)35-12-10-34(11-13-35)21-4-6-22(7-5-21)36(16-20-15-32-17-33-20)25(37)18-2-1-3-19(14-18)27(29,30)31/h1-9,14-15,17H,10-13,16H2,(H,32,33). The van der Waals surface area contributed by atoms with Gasteiger partial charge in [0.15, 0.2) is 0 Å². The minimum absolute atomic E-state index is 0.0375. The fourth-order valence-electron chi connectivity index (χ4n) is 4.40. The molecule has 0 saturated carbocycles. The van der Waals surface area contributed by atoms with Crippen molar-refractivity contribution in [3.05, 3.63) is 99.2 Å². The highest BCUT2D eigenvalue weighted by molar-refractivity contribution is 7.17. The maximum Gasteiger partial charge on any atom is 0.416 e. The summed E-state index contributed by atoms with van der Waals surface area (Å²) in [6, 6.07) is 15.1. The third-order valence-electron chi connectivity index (χ3n) is 6.44. The van der Waals surface area contributed by atoms with Crippen LogP contribution in [0.5, 0.6) is 0 Å². The van der Waals surface area contributed by atoms with Crippen molar-refractivity contribution < 1.29 is 22.8 Å². The Labute approximate surface area is 231 Å². The van der Waals surface area contributed by atoms with Gasteiger partial charge in [0.25, 0.3) is 11.8 Å². The van der Waals surface area contributed by atoms with Crippen molar-refractivity contribution in [2.75, 3.05) is 36.0 Å². The maximum atomic E-state index is 13.4. The predicted molar refractivity (Wildman–Crippen MR) is 144 cm³/mol. The molecule has 1 N–H and O–H groups in total. The van der Waals surface area contributed by atoms with Crippen LogP contribution < -0.4 is 9.80 Å². The summed E-state index contributed by atoms with van der Waals surface area (Å²) in [6.07, 6.45) is -1.52. The number of aromatic amines is 1. The van der Waals surface area contributed by atoms with Gasteiger partial charge in [-0.05, 0) is 54.6 Å². The predicted octanol–water partition coefficient (Wildman–Crippen LogP) is 5.95. The zero-order valence-electron chi connectivity index (χ0n) is 20.5. The quantitative estimate of drug-likeness (QED) is 0.309. The van der Waals surface area contributed by atoms with Crippen molar-refractivity contribution in [2.24, 2.45) is 0 Å². The number of halogens is 4. The first-order valence-corrected chi connectivity index (χ1v) is 13.2. The molecule has 1 fully saturated rings. The number of hydrogen-bond donors (Lipinski definition) is 1. The number of H-pyrrole nitrogens is 1. The molecule has 0 aliphatic carbocycles. The lowest BCUT2D eigenvalue weighted by molar-refractivity contribution is -0.137. The van der Waals surface area contributed by atoms with E-state index in [1.165, 1.54) is 34.7 Å². The summed E-state index contributed by atoms with van der Waals surface area (Å²) < 4.78 is 40.4. The Balaban J connectivity index is 1.32. The van der Waals surface area contributed by atoms with Crippen molar-refractivity contribution in [1.29, 1.82) is 0 Å². The molecule has 1 saturated heterocycles. The molecule has 0 atom stereocenters. The molecule has 7 nitrogen and oxygen atoms in total. The number of nitrogens with one attached hydrogen (secondary N) is 1. The molecule has 3 heterocycles. The summed E-state index contributed by atoms with van der Waals surface area (Å²) in [5, 5.41) is 0. The lowest BCUT2D eigenvalue weighted by atomic mass is 10.1. The molecule has 1 aliphatic heterocycles. The van der Waals surface area contributed by atoms with Gasteiger partial charge in [-0.25, -0.2) is 4.98 Å². The SMILES string of the molecule is O=C(c1ccc(Cl)s1)N1CCN(c2ccc(N(Cc3cnc[nH]3)C(=O)c3cccc(C(F)(F)F)c3)cc2)CC1. The second-order valence-electron chi connectivity index (χ2n) is 8.95. The smallest absolute Gasteiger partial charge is 0.368 e. The fourth-order valence-corrected chi connectivity index (χ4v) is 5.41. The molecule has 2 aromatic carbocycles. The van der Waals surface area contributed by atoms with Gasteiger partial charge in [0.2, 0.25) is 0 Å². The number of carbonyl (C=O) groups excluding carboxylic acids is 2. The van der Waals surface area contributed by atoms with Crippen molar-refractivity contribution in [2.45, 2.75) is 12.7 Å². The molecule has 0 radical (unpaired) electrons. The van der Waals surface area contributed by atoms with Gasteiger partial charge < -0.3 is 19.7 Å². The van der Waals surface area contributed by atoms with E-state index < -0.39 is 17.6 Å². The molecule has 39 heavy (non-hydrogen) atoms. The van der Waals surface area contributed by atoms with Gasteiger partial charge in [0.05, 0.1) is 33.3 Å². The van der Waals surface area contributed by atoms with E-state index >= 15 is 0 Å². The molecule has 0 bridgehead atoms. The minimum atomic E-state index is -4.56. The number of anilines is 2. The van der Waals surface area contributed by atoms with E-state index in [2.05, 4.69) is 14.9 Å². The van der Waals surface area contributed by atoms with Crippen LogP contribution in [-0.2, 0) is 12.7 Å². The van der Waals surface area contributed by atoms with E-state index in [1.54, 1.807) is 35.4 Å². The Morgan fingerprint density at radius 1 is 1.03 bits per heavy atom. The largest absolute Gasteiger partial charge is 0.416 e. The summed E-state index contributed by atoms with van der Waals surface area (Å²) in [4.78, 5) is 39.0. The first-order chi connectivity index (χ1) is 18.7. The molecule has 0 unspecified atom stereocenters. The van der Waals surface area contributed by atoms with E-state index in [-0.39, 0.29) is 18.0 Å². The number of imidazole rings is 1. The first kappa shape index (κ1) is 26.8. The Morgan fingerprint density at radius 3 is 2.38 bits per heavy atom. The molecule has 2 aromatic heterocycles. The van der Waals surface area contributed by atoms with Crippen molar-refractivity contribution in [1.82, 2.24) is 14.9 Å². The summed E-state index contributed by atoms with van der Waals surface area (Å²) in [5.74, 6) is -0.603. The molecule has 4 aromatic rings. The molecule has 202 valence electrons. The zero-order chi connectivity index (χ0) is 27.6. The van der Waals surface area contributed by atoms with Gasteiger partial charge in [0, 0.05) is 49.3 Å². The third kappa shape index (κ3) is 6.10. The van der Waals surface area contributed by atoms with Gasteiger partial charge in [-0.3, -0.25) is 9.59 Å². The van der Waals surface area contributed by atoms with Crippen LogP contribution in [0.1, 0.15) is 31.3 Å². The topological polar surface area (TPSA) is 72.5 Å². The van der Waals surface area contributed by atoms with E-state index in [1.807, 2.05) is 12.1 Å². The van der Waals surface area contributed by atoms with E-state index in [4.69, 9.17) is 11.6 Å². The second-order valence-corrected chi connectivity index (χ2v) is 10.7. The number of piperazine rings is 1. The van der Waals surface area contributed by atoms with Crippen molar-refractivity contribution in [3.63, 3.8) is 0 Å². The molecule has 2 amide bonds. The minimum Gasteiger partial charge on any atom is -0.368 e. The van der Waals surface area contributed by atoms with Gasteiger partial charge >= 0.3 is 6.18 Å². The molecule has 12 heteroatoms. The number of aromatic nitrogens is 2. The summed E-state index contributed by atoms with van der Waals surface area (Å²) in [7, 11) is 0. The molecular weight excluding hydrogens is 551 g/mol. The second kappa shape index (κ2) is 11.1. The summed E-state index contributed by atoms with van der Waals surface area (Å²) >= 11 is 7.23. The van der Waals surface area contributed by atoms with Gasteiger partial charge in [-0.1, -0.05) is 17.7 Å². The average Bonchev–Trinajstić information content (AvgIpc) is 3.63. The Hall–Kier alpha value is -3.83. The van der Waals surface area contributed by atoms with Crippen LogP contribution in [0.25, 0.3) is 0 Å².